The standard InChI is InChI=1S/C25H27N3O2/c1-15(29)16-5-7-19-18(11-16)13-22-24(2,3)25(19,4)9-10-28(22)23(30)17-6-8-20-21(12-17)27-14-26-20/h5-8,11-12,14,22H,9-10,13H2,1-4H3,(H,26,27)/t22?,25-/m0/s1. The van der Waals surface area contributed by atoms with E-state index < -0.39 is 0 Å². The minimum Gasteiger partial charge on any atom is -0.345 e. The van der Waals surface area contributed by atoms with Crippen molar-refractivity contribution in [3.05, 3.63) is 65.0 Å². The van der Waals surface area contributed by atoms with E-state index >= 15 is 0 Å². The number of carbonyl (C=O) groups excluding carboxylic acids is 2. The Bertz CT molecular complexity index is 1190. The van der Waals surface area contributed by atoms with E-state index in [4.69, 9.17) is 0 Å². The van der Waals surface area contributed by atoms with E-state index in [2.05, 4.69) is 41.7 Å². The minimum absolute atomic E-state index is 0.0370. The molecule has 0 radical (unpaired) electrons. The number of nitrogens with zero attached hydrogens (tertiary/aromatic N) is 2. The Balaban J connectivity index is 1.57. The number of aromatic amines is 1. The second-order valence-electron chi connectivity index (χ2n) is 9.58. The molecule has 5 nitrogen and oxygen atoms in total. The summed E-state index contributed by atoms with van der Waals surface area (Å²) < 4.78 is 0. The van der Waals surface area contributed by atoms with Gasteiger partial charge in [0.15, 0.2) is 5.78 Å². The van der Waals surface area contributed by atoms with E-state index in [1.54, 1.807) is 13.3 Å². The molecule has 2 atom stereocenters. The fraction of sp³-hybridized carbons (Fsp3) is 0.400. The highest BCUT2D eigenvalue weighted by atomic mass is 16.2. The van der Waals surface area contributed by atoms with Crippen molar-refractivity contribution < 1.29 is 9.59 Å². The molecule has 2 aliphatic rings. The lowest BCUT2D eigenvalue weighted by Crippen LogP contribution is -2.64. The number of amides is 1. The zero-order valence-corrected chi connectivity index (χ0v) is 18.0. The molecule has 1 aliphatic carbocycles. The van der Waals surface area contributed by atoms with Crippen molar-refractivity contribution >= 4 is 22.7 Å². The second-order valence-corrected chi connectivity index (χ2v) is 9.58. The number of fused-ring (bicyclic) bond motifs is 5. The number of likely N-dealkylation sites (tertiary alicyclic amines) is 1. The van der Waals surface area contributed by atoms with Crippen LogP contribution >= 0.6 is 0 Å². The quantitative estimate of drug-likeness (QED) is 0.642. The number of imidazole rings is 1. The van der Waals surface area contributed by atoms with Gasteiger partial charge in [-0.15, -0.1) is 0 Å². The van der Waals surface area contributed by atoms with E-state index in [1.165, 1.54) is 11.1 Å². The maximum Gasteiger partial charge on any atom is 0.254 e. The van der Waals surface area contributed by atoms with Crippen LogP contribution in [0.1, 0.15) is 66.0 Å². The fourth-order valence-corrected chi connectivity index (χ4v) is 5.63. The first-order valence-corrected chi connectivity index (χ1v) is 10.6. The SMILES string of the molecule is CC(=O)c1ccc2c(c1)CC1N(C(=O)c3ccc4nc[nH]c4c3)CC[C@]2(C)C1(C)C. The molecule has 2 aromatic carbocycles. The van der Waals surface area contributed by atoms with Crippen molar-refractivity contribution in [1.82, 2.24) is 14.9 Å². The normalized spacial score (nSPS) is 24.5. The molecule has 2 heterocycles. The van der Waals surface area contributed by atoms with Gasteiger partial charge in [0.2, 0.25) is 0 Å². The van der Waals surface area contributed by atoms with Crippen LogP contribution in [0.4, 0.5) is 0 Å². The van der Waals surface area contributed by atoms with Gasteiger partial charge in [-0.2, -0.15) is 0 Å². The van der Waals surface area contributed by atoms with Crippen molar-refractivity contribution in [2.24, 2.45) is 5.41 Å². The van der Waals surface area contributed by atoms with Crippen molar-refractivity contribution in [1.29, 1.82) is 0 Å². The molecule has 5 rings (SSSR count). The topological polar surface area (TPSA) is 66.1 Å². The van der Waals surface area contributed by atoms with Crippen LogP contribution in [0.25, 0.3) is 11.0 Å². The molecule has 1 amide bonds. The van der Waals surface area contributed by atoms with Crippen LogP contribution in [0, 0.1) is 5.41 Å². The number of hydrogen-bond donors (Lipinski definition) is 1. The monoisotopic (exact) mass is 401 g/mol. The number of Topliss-reactive ketones (excluding diaryl/α,β-unsaturated/α-hetero) is 1. The second kappa shape index (κ2) is 6.27. The van der Waals surface area contributed by atoms with Crippen molar-refractivity contribution in [3.8, 4) is 0 Å². The number of ketones is 1. The van der Waals surface area contributed by atoms with Gasteiger partial charge in [0.25, 0.3) is 5.91 Å². The molecule has 1 aliphatic heterocycles. The van der Waals surface area contributed by atoms with Gasteiger partial charge in [-0.1, -0.05) is 32.9 Å². The predicted octanol–water partition coefficient (Wildman–Crippen LogP) is 4.52. The summed E-state index contributed by atoms with van der Waals surface area (Å²) >= 11 is 0. The first-order chi connectivity index (χ1) is 14.2. The van der Waals surface area contributed by atoms with Gasteiger partial charge < -0.3 is 9.88 Å². The van der Waals surface area contributed by atoms with E-state index in [0.29, 0.717) is 5.56 Å². The number of H-pyrrole nitrogens is 1. The van der Waals surface area contributed by atoms with Crippen molar-refractivity contribution in [3.63, 3.8) is 0 Å². The van der Waals surface area contributed by atoms with Crippen molar-refractivity contribution in [2.45, 2.75) is 52.0 Å². The molecule has 1 saturated heterocycles. The average Bonchev–Trinajstić information content (AvgIpc) is 3.17. The van der Waals surface area contributed by atoms with E-state index in [-0.39, 0.29) is 28.6 Å². The lowest BCUT2D eigenvalue weighted by molar-refractivity contribution is -0.0262. The molecule has 2 bridgehead atoms. The van der Waals surface area contributed by atoms with Gasteiger partial charge in [-0.05, 0) is 60.6 Å². The summed E-state index contributed by atoms with van der Waals surface area (Å²) in [5.74, 6) is 0.150. The third-order valence-corrected chi connectivity index (χ3v) is 7.93. The van der Waals surface area contributed by atoms with Gasteiger partial charge in [-0.25, -0.2) is 4.98 Å². The molecule has 1 aromatic heterocycles. The van der Waals surface area contributed by atoms with Crippen LogP contribution in [0.5, 0.6) is 0 Å². The maximum absolute atomic E-state index is 13.6. The van der Waals surface area contributed by atoms with E-state index in [1.807, 2.05) is 30.3 Å². The van der Waals surface area contributed by atoms with Crippen molar-refractivity contribution in [2.75, 3.05) is 6.54 Å². The molecule has 5 heteroatoms. The van der Waals surface area contributed by atoms with Crippen LogP contribution in [0.15, 0.2) is 42.7 Å². The van der Waals surface area contributed by atoms with Crippen LogP contribution < -0.4 is 0 Å². The summed E-state index contributed by atoms with van der Waals surface area (Å²) in [7, 11) is 0. The fourth-order valence-electron chi connectivity index (χ4n) is 5.63. The van der Waals surface area contributed by atoms with Gasteiger partial charge in [0, 0.05) is 29.1 Å². The smallest absolute Gasteiger partial charge is 0.254 e. The van der Waals surface area contributed by atoms with Crippen LogP contribution in [0.3, 0.4) is 0 Å². The summed E-state index contributed by atoms with van der Waals surface area (Å²) in [5.41, 5.74) is 5.60. The Kier molecular flexibility index (Phi) is 3.98. The largest absolute Gasteiger partial charge is 0.345 e. The minimum atomic E-state index is -0.0796. The van der Waals surface area contributed by atoms with Gasteiger partial charge in [-0.3, -0.25) is 9.59 Å². The average molecular weight is 402 g/mol. The molecule has 0 saturated carbocycles. The van der Waals surface area contributed by atoms with Gasteiger partial charge >= 0.3 is 0 Å². The highest BCUT2D eigenvalue weighted by Gasteiger charge is 2.56. The first-order valence-electron chi connectivity index (χ1n) is 10.6. The van der Waals surface area contributed by atoms with E-state index in [0.717, 1.165) is 36.0 Å². The highest BCUT2D eigenvalue weighted by molar-refractivity contribution is 5.98. The molecule has 1 fully saturated rings. The summed E-state index contributed by atoms with van der Waals surface area (Å²) in [5, 5.41) is 0. The summed E-state index contributed by atoms with van der Waals surface area (Å²) in [6.07, 6.45) is 3.33. The molecule has 1 unspecified atom stereocenters. The molecule has 154 valence electrons. The van der Waals surface area contributed by atoms with Crippen LogP contribution in [0.2, 0.25) is 0 Å². The Morgan fingerprint density at radius 2 is 1.87 bits per heavy atom. The Morgan fingerprint density at radius 1 is 1.10 bits per heavy atom. The number of carbonyl (C=O) groups is 2. The third kappa shape index (κ3) is 2.51. The number of rotatable bonds is 2. The zero-order valence-electron chi connectivity index (χ0n) is 18.0. The molecular formula is C25H27N3O2. The number of nitrogens with one attached hydrogen (secondary N) is 1. The van der Waals surface area contributed by atoms with Gasteiger partial charge in [0.1, 0.15) is 0 Å². The summed E-state index contributed by atoms with van der Waals surface area (Å²) in [4.78, 5) is 34.9. The lowest BCUT2D eigenvalue weighted by atomic mass is 9.51. The summed E-state index contributed by atoms with van der Waals surface area (Å²) in [6.45, 7) is 9.24. The molecular weight excluding hydrogens is 374 g/mol. The maximum atomic E-state index is 13.6. The molecule has 30 heavy (non-hydrogen) atoms. The Labute approximate surface area is 176 Å². The number of hydrogen-bond acceptors (Lipinski definition) is 3. The van der Waals surface area contributed by atoms with E-state index in [9.17, 15) is 9.59 Å². The lowest BCUT2D eigenvalue weighted by Gasteiger charge is -2.60. The molecule has 1 N–H and O–H groups in total. The number of aromatic nitrogens is 2. The highest BCUT2D eigenvalue weighted by Crippen LogP contribution is 2.56. The van der Waals surface area contributed by atoms with Crippen LogP contribution in [-0.2, 0) is 11.8 Å². The predicted molar refractivity (Wildman–Crippen MR) is 117 cm³/mol. The van der Waals surface area contributed by atoms with Crippen LogP contribution in [-0.4, -0.2) is 39.1 Å². The zero-order chi connectivity index (χ0) is 21.3. The van der Waals surface area contributed by atoms with Gasteiger partial charge in [0.05, 0.1) is 17.4 Å². The Morgan fingerprint density at radius 3 is 2.63 bits per heavy atom. The number of benzene rings is 2. The first kappa shape index (κ1) is 19.0. The molecule has 3 aromatic rings. The summed E-state index contributed by atoms with van der Waals surface area (Å²) in [6, 6.07) is 11.9. The number of piperidine rings is 1. The Hall–Kier alpha value is -2.95. The molecule has 0 spiro atoms. The third-order valence-electron chi connectivity index (χ3n) is 7.93.